The van der Waals surface area contributed by atoms with Crippen LogP contribution in [0.3, 0.4) is 0 Å². The van der Waals surface area contributed by atoms with Crippen molar-refractivity contribution >= 4 is 27.4 Å². The number of piperidine rings is 1. The molecule has 21 heavy (non-hydrogen) atoms. The lowest BCUT2D eigenvalue weighted by atomic mass is 9.88. The van der Waals surface area contributed by atoms with Crippen LogP contribution in [0.1, 0.15) is 35.5 Å². The van der Waals surface area contributed by atoms with Crippen LogP contribution in [0.25, 0.3) is 10.1 Å². The lowest BCUT2D eigenvalue weighted by molar-refractivity contribution is 0.0698. The number of nitrogens with zero attached hydrogens (tertiary/aromatic N) is 1. The van der Waals surface area contributed by atoms with Crippen LogP contribution in [-0.4, -0.2) is 29.1 Å². The van der Waals surface area contributed by atoms with E-state index in [0.29, 0.717) is 10.8 Å². The number of rotatable bonds is 3. The number of hydrogen-bond donors (Lipinski definition) is 1. The van der Waals surface area contributed by atoms with Crippen molar-refractivity contribution < 1.29 is 9.90 Å². The molecule has 1 saturated heterocycles. The van der Waals surface area contributed by atoms with Crippen LogP contribution in [-0.2, 0) is 6.54 Å². The predicted molar refractivity (Wildman–Crippen MR) is 87.0 cm³/mol. The molecule has 1 aromatic heterocycles. The fourth-order valence-corrected chi connectivity index (χ4v) is 4.20. The van der Waals surface area contributed by atoms with E-state index in [0.717, 1.165) is 41.2 Å². The summed E-state index contributed by atoms with van der Waals surface area (Å²) < 4.78 is 1.07. The van der Waals surface area contributed by atoms with Gasteiger partial charge < -0.3 is 5.11 Å². The molecule has 2 heterocycles. The molecule has 1 aliphatic rings. The normalized spacial score (nSPS) is 23.5. The molecule has 1 N–H and O–H groups in total. The third-order valence-electron chi connectivity index (χ3n) is 4.69. The van der Waals surface area contributed by atoms with Crippen LogP contribution in [0, 0.1) is 11.8 Å². The maximum atomic E-state index is 11.5. The first-order valence-electron chi connectivity index (χ1n) is 7.52. The fraction of sp³-hybridized carbons (Fsp3) is 0.471. The van der Waals surface area contributed by atoms with Gasteiger partial charge in [-0.3, -0.25) is 4.90 Å². The molecule has 1 aliphatic heterocycles. The average Bonchev–Trinajstić information content (AvgIpc) is 2.82. The first kappa shape index (κ1) is 14.5. The van der Waals surface area contributed by atoms with Crippen molar-refractivity contribution in [3.63, 3.8) is 0 Å². The molecule has 0 saturated carbocycles. The minimum Gasteiger partial charge on any atom is -0.477 e. The molecule has 3 nitrogen and oxygen atoms in total. The second-order valence-electron chi connectivity index (χ2n) is 6.19. The number of likely N-dealkylation sites (tertiary alicyclic amines) is 1. The Labute approximate surface area is 129 Å². The number of benzene rings is 1. The van der Waals surface area contributed by atoms with E-state index in [4.69, 9.17) is 0 Å². The van der Waals surface area contributed by atoms with Gasteiger partial charge in [-0.1, -0.05) is 32.0 Å². The monoisotopic (exact) mass is 303 g/mol. The van der Waals surface area contributed by atoms with Crippen molar-refractivity contribution in [2.24, 2.45) is 11.8 Å². The molecular weight excluding hydrogens is 282 g/mol. The molecule has 2 aromatic rings. The van der Waals surface area contributed by atoms with Crippen molar-refractivity contribution in [2.45, 2.75) is 26.8 Å². The number of thiophene rings is 1. The summed E-state index contributed by atoms with van der Waals surface area (Å²) in [6, 6.07) is 8.02. The Morgan fingerprint density at radius 2 is 2.10 bits per heavy atom. The molecular formula is C17H21NO2S. The number of carboxylic acid groups (broad SMARTS) is 1. The Hall–Kier alpha value is -1.39. The Kier molecular flexibility index (Phi) is 4.00. The molecule has 0 bridgehead atoms. The van der Waals surface area contributed by atoms with Gasteiger partial charge in [-0.2, -0.15) is 0 Å². The second-order valence-corrected chi connectivity index (χ2v) is 7.24. The summed E-state index contributed by atoms with van der Waals surface area (Å²) in [4.78, 5) is 14.5. The van der Waals surface area contributed by atoms with Crippen molar-refractivity contribution in [1.82, 2.24) is 4.90 Å². The zero-order valence-electron chi connectivity index (χ0n) is 12.5. The van der Waals surface area contributed by atoms with Crippen LogP contribution in [0.15, 0.2) is 24.3 Å². The minimum atomic E-state index is -0.801. The quantitative estimate of drug-likeness (QED) is 0.929. The number of aromatic carboxylic acids is 1. The SMILES string of the molecule is CC1CCN(Cc2c(C(=O)O)sc3ccccc23)CC1C. The zero-order valence-corrected chi connectivity index (χ0v) is 13.3. The summed E-state index contributed by atoms with van der Waals surface area (Å²) >= 11 is 1.40. The zero-order chi connectivity index (χ0) is 15.0. The largest absolute Gasteiger partial charge is 0.477 e. The maximum absolute atomic E-state index is 11.5. The highest BCUT2D eigenvalue weighted by Crippen LogP contribution is 2.33. The van der Waals surface area contributed by atoms with Gasteiger partial charge >= 0.3 is 5.97 Å². The van der Waals surface area contributed by atoms with Crippen LogP contribution < -0.4 is 0 Å². The van der Waals surface area contributed by atoms with Crippen molar-refractivity contribution in [3.8, 4) is 0 Å². The maximum Gasteiger partial charge on any atom is 0.346 e. The van der Waals surface area contributed by atoms with Gasteiger partial charge in [0.05, 0.1) is 0 Å². The topological polar surface area (TPSA) is 40.5 Å². The number of carboxylic acids is 1. The Balaban J connectivity index is 1.92. The van der Waals surface area contributed by atoms with Crippen LogP contribution in [0.5, 0.6) is 0 Å². The number of fused-ring (bicyclic) bond motifs is 1. The molecule has 2 unspecified atom stereocenters. The van der Waals surface area contributed by atoms with Crippen LogP contribution in [0.4, 0.5) is 0 Å². The Bertz CT molecular complexity index is 664. The van der Waals surface area contributed by atoms with Crippen LogP contribution >= 0.6 is 11.3 Å². The molecule has 1 fully saturated rings. The summed E-state index contributed by atoms with van der Waals surface area (Å²) in [6.07, 6.45) is 1.20. The molecule has 0 aliphatic carbocycles. The van der Waals surface area contributed by atoms with Gasteiger partial charge in [-0.15, -0.1) is 11.3 Å². The van der Waals surface area contributed by atoms with Gasteiger partial charge in [0.1, 0.15) is 4.88 Å². The van der Waals surface area contributed by atoms with Gasteiger partial charge in [0.2, 0.25) is 0 Å². The van der Waals surface area contributed by atoms with E-state index in [1.165, 1.54) is 17.8 Å². The van der Waals surface area contributed by atoms with Gasteiger partial charge in [0, 0.05) is 17.8 Å². The smallest absolute Gasteiger partial charge is 0.346 e. The van der Waals surface area contributed by atoms with E-state index in [1.807, 2.05) is 24.3 Å². The first-order chi connectivity index (χ1) is 10.1. The van der Waals surface area contributed by atoms with Crippen molar-refractivity contribution in [3.05, 3.63) is 34.7 Å². The third kappa shape index (κ3) is 2.83. The predicted octanol–water partition coefficient (Wildman–Crippen LogP) is 4.08. The molecule has 0 radical (unpaired) electrons. The van der Waals surface area contributed by atoms with Gasteiger partial charge in [-0.05, 0) is 41.8 Å². The summed E-state index contributed by atoms with van der Waals surface area (Å²) in [7, 11) is 0. The molecule has 1 aromatic carbocycles. The summed E-state index contributed by atoms with van der Waals surface area (Å²) in [6.45, 7) is 7.48. The van der Waals surface area contributed by atoms with Gasteiger partial charge in [-0.25, -0.2) is 4.79 Å². The minimum absolute atomic E-state index is 0.502. The van der Waals surface area contributed by atoms with Gasteiger partial charge in [0.25, 0.3) is 0 Å². The van der Waals surface area contributed by atoms with E-state index in [-0.39, 0.29) is 0 Å². The third-order valence-corrected chi connectivity index (χ3v) is 5.89. The van der Waals surface area contributed by atoms with Gasteiger partial charge in [0.15, 0.2) is 0 Å². The standard InChI is InChI=1S/C17H21NO2S/c1-11-7-8-18(9-12(11)2)10-14-13-5-3-4-6-15(13)21-16(14)17(19)20/h3-6,11-12H,7-10H2,1-2H3,(H,19,20). The van der Waals surface area contributed by atoms with E-state index in [2.05, 4.69) is 18.7 Å². The number of hydrogen-bond acceptors (Lipinski definition) is 3. The van der Waals surface area contributed by atoms with E-state index in [9.17, 15) is 9.90 Å². The first-order valence-corrected chi connectivity index (χ1v) is 8.34. The molecule has 0 spiro atoms. The molecule has 2 atom stereocenters. The highest BCUT2D eigenvalue weighted by Gasteiger charge is 2.25. The highest BCUT2D eigenvalue weighted by atomic mass is 32.1. The highest BCUT2D eigenvalue weighted by molar-refractivity contribution is 7.21. The Morgan fingerprint density at radius 1 is 1.33 bits per heavy atom. The van der Waals surface area contributed by atoms with Crippen molar-refractivity contribution in [2.75, 3.05) is 13.1 Å². The molecule has 112 valence electrons. The molecule has 0 amide bonds. The summed E-state index contributed by atoms with van der Waals surface area (Å²) in [5, 5.41) is 10.6. The summed E-state index contributed by atoms with van der Waals surface area (Å²) in [5.74, 6) is 0.640. The van der Waals surface area contributed by atoms with Crippen LogP contribution in [0.2, 0.25) is 0 Å². The summed E-state index contributed by atoms with van der Waals surface area (Å²) in [5.41, 5.74) is 0.991. The number of carbonyl (C=O) groups is 1. The van der Waals surface area contributed by atoms with E-state index >= 15 is 0 Å². The van der Waals surface area contributed by atoms with E-state index in [1.54, 1.807) is 0 Å². The van der Waals surface area contributed by atoms with Crippen molar-refractivity contribution in [1.29, 1.82) is 0 Å². The molecule has 3 rings (SSSR count). The second kappa shape index (κ2) is 5.78. The lowest BCUT2D eigenvalue weighted by Gasteiger charge is -2.35. The fourth-order valence-electron chi connectivity index (χ4n) is 3.14. The molecule has 4 heteroatoms. The van der Waals surface area contributed by atoms with E-state index < -0.39 is 5.97 Å². The Morgan fingerprint density at radius 3 is 2.81 bits per heavy atom. The average molecular weight is 303 g/mol. The lowest BCUT2D eigenvalue weighted by Crippen LogP contribution is -2.38.